The monoisotopic (exact) mass is 367 g/mol. The van der Waals surface area contributed by atoms with E-state index in [4.69, 9.17) is 0 Å². The van der Waals surface area contributed by atoms with Gasteiger partial charge in [0.2, 0.25) is 9.84 Å². The third-order valence-corrected chi connectivity index (χ3v) is 5.15. The van der Waals surface area contributed by atoms with Gasteiger partial charge < -0.3 is 5.32 Å². The van der Waals surface area contributed by atoms with Crippen LogP contribution in [0.25, 0.3) is 0 Å². The highest BCUT2D eigenvalue weighted by atomic mass is 32.2. The second-order valence-electron chi connectivity index (χ2n) is 6.43. The van der Waals surface area contributed by atoms with Gasteiger partial charge in [-0.05, 0) is 17.6 Å². The number of aromatic nitrogens is 6. The summed E-state index contributed by atoms with van der Waals surface area (Å²) in [5, 5.41) is 17.8. The summed E-state index contributed by atoms with van der Waals surface area (Å²) in [6.45, 7) is 0. The summed E-state index contributed by atoms with van der Waals surface area (Å²) in [7, 11) is -1.82. The van der Waals surface area contributed by atoms with Crippen LogP contribution in [0.3, 0.4) is 0 Å². The first kappa shape index (κ1) is 17.5. The van der Waals surface area contributed by atoms with Crippen molar-refractivity contribution in [2.75, 3.05) is 11.6 Å². The number of tetrazole rings is 1. The van der Waals surface area contributed by atoms with E-state index in [2.05, 4.69) is 25.8 Å². The first-order valence-electron chi connectivity index (χ1n) is 8.13. The van der Waals surface area contributed by atoms with Crippen molar-refractivity contribution in [3.8, 4) is 0 Å². The quantitative estimate of drug-likeness (QED) is 0.791. The lowest BCUT2D eigenvalue weighted by atomic mass is 9.98. The molecule has 2 heterocycles. The molecule has 1 aliphatic rings. The van der Waals surface area contributed by atoms with Gasteiger partial charge in [-0.25, -0.2) is 8.42 Å². The maximum atomic E-state index is 12.7. The first-order chi connectivity index (χ1) is 11.8. The van der Waals surface area contributed by atoms with Crippen molar-refractivity contribution in [1.29, 1.82) is 0 Å². The maximum Gasteiger partial charge on any atom is 0.288 e. The fourth-order valence-corrected chi connectivity index (χ4v) is 3.47. The second kappa shape index (κ2) is 6.90. The molecule has 1 amide bonds. The predicted octanol–water partition coefficient (Wildman–Crippen LogP) is 0.570. The van der Waals surface area contributed by atoms with E-state index in [1.54, 1.807) is 24.0 Å². The smallest absolute Gasteiger partial charge is 0.288 e. The fourth-order valence-electron chi connectivity index (χ4n) is 3.05. The molecule has 10 nitrogen and oxygen atoms in total. The highest BCUT2D eigenvalue weighted by Gasteiger charge is 2.30. The summed E-state index contributed by atoms with van der Waals surface area (Å²) in [5.41, 5.74) is 0. The maximum absolute atomic E-state index is 12.7. The number of hydrogen-bond acceptors (Lipinski definition) is 7. The number of hydrogen-bond donors (Lipinski definition) is 1. The molecule has 0 saturated heterocycles. The molecule has 0 aromatic carbocycles. The van der Waals surface area contributed by atoms with E-state index < -0.39 is 15.9 Å². The molecule has 1 saturated carbocycles. The Balaban J connectivity index is 1.83. The molecule has 0 bridgehead atoms. The average Bonchev–Trinajstić information content (AvgIpc) is 3.25. The normalized spacial score (nSPS) is 16.9. The van der Waals surface area contributed by atoms with Crippen molar-refractivity contribution < 1.29 is 13.2 Å². The van der Waals surface area contributed by atoms with Gasteiger partial charge in [0.05, 0.1) is 0 Å². The number of nitrogens with zero attached hydrogens (tertiary/aromatic N) is 6. The number of amides is 1. The van der Waals surface area contributed by atoms with E-state index in [9.17, 15) is 13.2 Å². The van der Waals surface area contributed by atoms with Crippen molar-refractivity contribution in [1.82, 2.24) is 30.0 Å². The van der Waals surface area contributed by atoms with Gasteiger partial charge in [-0.1, -0.05) is 30.8 Å². The zero-order chi connectivity index (χ0) is 18.0. The minimum absolute atomic E-state index is 0.331. The van der Waals surface area contributed by atoms with E-state index in [1.165, 1.54) is 0 Å². The summed E-state index contributed by atoms with van der Waals surface area (Å²) < 4.78 is 24.8. The van der Waals surface area contributed by atoms with E-state index >= 15 is 0 Å². The van der Waals surface area contributed by atoms with Crippen LogP contribution in [0.5, 0.6) is 0 Å². The van der Waals surface area contributed by atoms with Crippen LogP contribution in [-0.4, -0.2) is 50.6 Å². The predicted molar refractivity (Wildman–Crippen MR) is 88.4 cm³/mol. The van der Waals surface area contributed by atoms with Crippen molar-refractivity contribution in [3.63, 3.8) is 0 Å². The van der Waals surface area contributed by atoms with Crippen LogP contribution in [0, 0.1) is 5.92 Å². The van der Waals surface area contributed by atoms with E-state index in [0.717, 1.165) is 36.7 Å². The highest BCUT2D eigenvalue weighted by molar-refractivity contribution is 7.90. The topological polar surface area (TPSA) is 125 Å². The molecule has 3 rings (SSSR count). The van der Waals surface area contributed by atoms with Crippen molar-refractivity contribution >= 4 is 21.6 Å². The molecule has 0 spiro atoms. The molecular weight excluding hydrogens is 346 g/mol. The summed E-state index contributed by atoms with van der Waals surface area (Å²) in [6, 6.07) is 0.953. The third kappa shape index (κ3) is 4.21. The molecule has 136 valence electrons. The van der Waals surface area contributed by atoms with Gasteiger partial charge in [-0.3, -0.25) is 9.48 Å². The number of sulfone groups is 1. The Morgan fingerprint density at radius 1 is 1.36 bits per heavy atom. The van der Waals surface area contributed by atoms with Gasteiger partial charge in [0.15, 0.2) is 11.9 Å². The van der Waals surface area contributed by atoms with Crippen LogP contribution in [0.1, 0.15) is 38.1 Å². The van der Waals surface area contributed by atoms with Crippen LogP contribution in [0.15, 0.2) is 17.4 Å². The van der Waals surface area contributed by atoms with E-state index in [0.29, 0.717) is 18.2 Å². The Bertz CT molecular complexity index is 851. The van der Waals surface area contributed by atoms with Crippen molar-refractivity contribution in [2.24, 2.45) is 13.0 Å². The lowest BCUT2D eigenvalue weighted by Crippen LogP contribution is -2.29. The molecular formula is C14H21N7O3S. The van der Waals surface area contributed by atoms with Crippen molar-refractivity contribution in [2.45, 2.75) is 43.3 Å². The summed E-state index contributed by atoms with van der Waals surface area (Å²) in [5.74, 6) is 0.475. The fraction of sp³-hybridized carbons (Fsp3) is 0.643. The third-order valence-electron chi connectivity index (χ3n) is 4.32. The lowest BCUT2D eigenvalue weighted by Gasteiger charge is -2.18. The SMILES string of the molecule is Cn1ccc(NC(=O)C(CC2CCCC2)n2nnc(S(C)(=O)=O)n2)n1. The van der Waals surface area contributed by atoms with Gasteiger partial charge in [0, 0.05) is 25.6 Å². The Morgan fingerprint density at radius 2 is 2.08 bits per heavy atom. The highest BCUT2D eigenvalue weighted by Crippen LogP contribution is 2.32. The minimum Gasteiger partial charge on any atom is -0.307 e. The zero-order valence-electron chi connectivity index (χ0n) is 14.2. The Hall–Kier alpha value is -2.30. The van der Waals surface area contributed by atoms with Gasteiger partial charge in [0.1, 0.15) is 0 Å². The van der Waals surface area contributed by atoms with Gasteiger partial charge in [0.25, 0.3) is 11.1 Å². The molecule has 1 unspecified atom stereocenters. The largest absolute Gasteiger partial charge is 0.307 e. The summed E-state index contributed by atoms with van der Waals surface area (Å²) >= 11 is 0. The van der Waals surface area contributed by atoms with Crippen LogP contribution in [0.2, 0.25) is 0 Å². The Labute approximate surface area is 145 Å². The van der Waals surface area contributed by atoms with Crippen LogP contribution < -0.4 is 5.32 Å². The van der Waals surface area contributed by atoms with Gasteiger partial charge >= 0.3 is 0 Å². The van der Waals surface area contributed by atoms with Crippen LogP contribution >= 0.6 is 0 Å². The number of aryl methyl sites for hydroxylation is 1. The van der Waals surface area contributed by atoms with Gasteiger partial charge in [-0.2, -0.15) is 9.90 Å². The number of carbonyl (C=O) groups is 1. The zero-order valence-corrected chi connectivity index (χ0v) is 15.0. The molecule has 1 fully saturated rings. The molecule has 2 aromatic heterocycles. The molecule has 1 aliphatic carbocycles. The second-order valence-corrected chi connectivity index (χ2v) is 8.34. The number of anilines is 1. The van der Waals surface area contributed by atoms with E-state index in [1.807, 2.05) is 0 Å². The molecule has 11 heteroatoms. The Morgan fingerprint density at radius 3 is 2.64 bits per heavy atom. The van der Waals surface area contributed by atoms with E-state index in [-0.39, 0.29) is 11.1 Å². The van der Waals surface area contributed by atoms with Gasteiger partial charge in [-0.15, -0.1) is 5.10 Å². The Kier molecular flexibility index (Phi) is 4.84. The van der Waals surface area contributed by atoms with Crippen molar-refractivity contribution in [3.05, 3.63) is 12.3 Å². The van der Waals surface area contributed by atoms with Crippen LogP contribution in [0.4, 0.5) is 5.82 Å². The number of nitrogens with one attached hydrogen (secondary N) is 1. The summed E-state index contributed by atoms with van der Waals surface area (Å²) in [6.07, 6.45) is 7.63. The summed E-state index contributed by atoms with van der Waals surface area (Å²) in [4.78, 5) is 13.8. The minimum atomic E-state index is -3.58. The first-order valence-corrected chi connectivity index (χ1v) is 10.0. The standard InChI is InChI=1S/C14H21N7O3S/c1-20-8-7-12(17-20)15-13(22)11(9-10-5-3-4-6-10)21-18-14(16-19-21)25(2,23)24/h7-8,10-11H,3-6,9H2,1-2H3,(H,15,17,22). The molecule has 1 N–H and O–H groups in total. The number of carbonyl (C=O) groups excluding carboxylic acids is 1. The lowest BCUT2D eigenvalue weighted by molar-refractivity contribution is -0.120. The number of rotatable bonds is 6. The van der Waals surface area contributed by atoms with Crippen LogP contribution in [-0.2, 0) is 21.7 Å². The molecule has 2 aromatic rings. The molecule has 0 radical (unpaired) electrons. The molecule has 1 atom stereocenters. The molecule has 0 aliphatic heterocycles. The average molecular weight is 367 g/mol. The molecule has 25 heavy (non-hydrogen) atoms.